The number of nitrogens with zero attached hydrogens (tertiary/aromatic N) is 1. The molecule has 1 aliphatic heterocycles. The monoisotopic (exact) mass is 157 g/mol. The molecule has 1 aliphatic rings. The van der Waals surface area contributed by atoms with Crippen molar-refractivity contribution in [2.75, 3.05) is 12.3 Å². The molecule has 0 atom stereocenters. The highest BCUT2D eigenvalue weighted by atomic mass is 32.2. The number of rotatable bonds is 1. The Morgan fingerprint density at radius 3 is 3.20 bits per heavy atom. The van der Waals surface area contributed by atoms with Crippen LogP contribution >= 0.6 is 11.8 Å². The first kappa shape index (κ1) is 7.66. The molecule has 0 bridgehead atoms. The lowest BCUT2D eigenvalue weighted by Crippen LogP contribution is -2.16. The molecule has 0 N–H and O–H groups in total. The topological polar surface area (TPSA) is 20.3 Å². The maximum absolute atomic E-state index is 10.3. The van der Waals surface area contributed by atoms with Gasteiger partial charge >= 0.3 is 0 Å². The maximum atomic E-state index is 10.3. The average molecular weight is 157 g/mol. The summed E-state index contributed by atoms with van der Waals surface area (Å²) in [5, 5.41) is 1.98. The van der Waals surface area contributed by atoms with E-state index in [-0.39, 0.29) is 0 Å². The van der Waals surface area contributed by atoms with Gasteiger partial charge in [0.1, 0.15) is 0 Å². The largest absolute Gasteiger partial charge is 0.321 e. The van der Waals surface area contributed by atoms with E-state index in [9.17, 15) is 4.79 Å². The van der Waals surface area contributed by atoms with Gasteiger partial charge in [0.25, 0.3) is 0 Å². The molecule has 0 aliphatic carbocycles. The molecule has 56 valence electrons. The molecule has 0 aromatic rings. The van der Waals surface area contributed by atoms with Crippen molar-refractivity contribution < 1.29 is 4.79 Å². The van der Waals surface area contributed by atoms with Crippen LogP contribution in [-0.4, -0.2) is 23.6 Å². The van der Waals surface area contributed by atoms with Crippen molar-refractivity contribution >= 4 is 18.2 Å². The van der Waals surface area contributed by atoms with E-state index in [4.69, 9.17) is 0 Å². The number of hydrogen-bond donors (Lipinski definition) is 0. The summed E-state index contributed by atoms with van der Waals surface area (Å²) < 4.78 is 0. The zero-order valence-electron chi connectivity index (χ0n) is 5.82. The molecule has 0 unspecified atom stereocenters. The number of hydrogen-bond acceptors (Lipinski definition) is 2. The van der Waals surface area contributed by atoms with E-state index in [1.165, 1.54) is 12.2 Å². The maximum Gasteiger partial charge on any atom is 0.213 e. The molecule has 0 saturated carbocycles. The van der Waals surface area contributed by atoms with Crippen molar-refractivity contribution in [3.63, 3.8) is 0 Å². The van der Waals surface area contributed by atoms with Crippen LogP contribution in [0.1, 0.15) is 12.8 Å². The van der Waals surface area contributed by atoms with Crippen LogP contribution in [0.15, 0.2) is 11.6 Å². The summed E-state index contributed by atoms with van der Waals surface area (Å²) in [6, 6.07) is 0. The first-order valence-corrected chi connectivity index (χ1v) is 4.47. The molecule has 1 heterocycles. The molecule has 0 aromatic heterocycles. The van der Waals surface area contributed by atoms with E-state index in [1.807, 2.05) is 11.6 Å². The van der Waals surface area contributed by atoms with Gasteiger partial charge < -0.3 is 4.90 Å². The minimum atomic E-state index is 0.876. The lowest BCUT2D eigenvalue weighted by atomic mass is 10.3. The lowest BCUT2D eigenvalue weighted by molar-refractivity contribution is -0.115. The predicted octanol–water partition coefficient (Wildman–Crippen LogP) is 1.44. The zero-order valence-corrected chi connectivity index (χ0v) is 6.64. The Hall–Kier alpha value is -0.440. The van der Waals surface area contributed by atoms with Crippen LogP contribution in [0.3, 0.4) is 0 Å². The van der Waals surface area contributed by atoms with E-state index in [0.29, 0.717) is 0 Å². The first-order chi connectivity index (χ1) is 4.93. The van der Waals surface area contributed by atoms with Crippen LogP contribution in [0, 0.1) is 0 Å². The van der Waals surface area contributed by atoms with Crippen LogP contribution in [0.2, 0.25) is 0 Å². The minimum Gasteiger partial charge on any atom is -0.321 e. The van der Waals surface area contributed by atoms with Gasteiger partial charge in [-0.3, -0.25) is 4.79 Å². The Balaban J connectivity index is 2.40. The fourth-order valence-corrected chi connectivity index (χ4v) is 1.58. The van der Waals surface area contributed by atoms with Crippen LogP contribution in [0.4, 0.5) is 0 Å². The minimum absolute atomic E-state index is 0.876. The smallest absolute Gasteiger partial charge is 0.213 e. The Kier molecular flexibility index (Phi) is 3.36. The van der Waals surface area contributed by atoms with Crippen LogP contribution in [-0.2, 0) is 4.79 Å². The number of carbonyl (C=O) groups excluding carboxylic acids is 1. The van der Waals surface area contributed by atoms with Gasteiger partial charge in [0.15, 0.2) is 0 Å². The number of thioether (sulfide) groups is 1. The first-order valence-electron chi connectivity index (χ1n) is 3.43. The van der Waals surface area contributed by atoms with E-state index in [0.717, 1.165) is 19.4 Å². The highest BCUT2D eigenvalue weighted by molar-refractivity contribution is 8.02. The summed E-state index contributed by atoms with van der Waals surface area (Å²) >= 11 is 1.77. The summed E-state index contributed by atoms with van der Waals surface area (Å²) in [4.78, 5) is 12.0. The van der Waals surface area contributed by atoms with Gasteiger partial charge in [-0.1, -0.05) is 0 Å². The molecular weight excluding hydrogens is 146 g/mol. The van der Waals surface area contributed by atoms with Crippen LogP contribution in [0.5, 0.6) is 0 Å². The summed E-state index contributed by atoms with van der Waals surface area (Å²) in [6.07, 6.45) is 5.05. The predicted molar refractivity (Wildman–Crippen MR) is 43.6 cm³/mol. The fraction of sp³-hybridized carbons (Fsp3) is 0.571. The molecule has 0 saturated heterocycles. The molecule has 3 heteroatoms. The normalized spacial score (nSPS) is 23.0. The Morgan fingerprint density at radius 2 is 2.40 bits per heavy atom. The second-order valence-corrected chi connectivity index (χ2v) is 3.22. The van der Waals surface area contributed by atoms with Gasteiger partial charge in [-0.25, -0.2) is 0 Å². The molecule has 2 nitrogen and oxygen atoms in total. The Bertz CT molecular complexity index is 136. The Labute approximate surface area is 65.3 Å². The highest BCUT2D eigenvalue weighted by Crippen LogP contribution is 2.10. The Morgan fingerprint density at radius 1 is 1.50 bits per heavy atom. The zero-order chi connectivity index (χ0) is 7.23. The quantitative estimate of drug-likeness (QED) is 0.537. The average Bonchev–Trinajstić information content (AvgIpc) is 1.87. The van der Waals surface area contributed by atoms with E-state index >= 15 is 0 Å². The molecule has 0 fully saturated rings. The lowest BCUT2D eigenvalue weighted by Gasteiger charge is -2.13. The standard InChI is InChI=1S/C7H11NOS/c9-7-8-3-1-2-5-10-6-4-8/h4,6-7H,1-3,5H2/b6-4-. The van der Waals surface area contributed by atoms with Gasteiger partial charge in [0, 0.05) is 12.7 Å². The van der Waals surface area contributed by atoms with Crippen LogP contribution < -0.4 is 0 Å². The van der Waals surface area contributed by atoms with E-state index in [1.54, 1.807) is 16.7 Å². The summed E-state index contributed by atoms with van der Waals surface area (Å²) in [6.45, 7) is 0.876. The SMILES string of the molecule is O=CN1/C=C\SCCCC1. The number of carbonyl (C=O) groups is 1. The molecule has 0 spiro atoms. The second-order valence-electron chi connectivity index (χ2n) is 2.21. The van der Waals surface area contributed by atoms with Crippen molar-refractivity contribution in [3.8, 4) is 0 Å². The third kappa shape index (κ3) is 2.43. The third-order valence-corrected chi connectivity index (χ3v) is 2.25. The summed E-state index contributed by atoms with van der Waals surface area (Å²) in [5.41, 5.74) is 0. The third-order valence-electron chi connectivity index (χ3n) is 1.41. The molecule has 10 heavy (non-hydrogen) atoms. The van der Waals surface area contributed by atoms with E-state index in [2.05, 4.69) is 0 Å². The van der Waals surface area contributed by atoms with E-state index < -0.39 is 0 Å². The van der Waals surface area contributed by atoms with Crippen molar-refractivity contribution in [1.29, 1.82) is 0 Å². The molecule has 1 rings (SSSR count). The molecule has 0 radical (unpaired) electrons. The van der Waals surface area contributed by atoms with Gasteiger partial charge in [0.05, 0.1) is 0 Å². The summed E-state index contributed by atoms with van der Waals surface area (Å²) in [7, 11) is 0. The van der Waals surface area contributed by atoms with Gasteiger partial charge in [-0.15, -0.1) is 11.8 Å². The fourth-order valence-electron chi connectivity index (χ4n) is 0.831. The van der Waals surface area contributed by atoms with Gasteiger partial charge in [0.2, 0.25) is 6.41 Å². The number of amides is 1. The van der Waals surface area contributed by atoms with Crippen molar-refractivity contribution in [3.05, 3.63) is 11.6 Å². The van der Waals surface area contributed by atoms with Gasteiger partial charge in [-0.05, 0) is 24.0 Å². The van der Waals surface area contributed by atoms with Crippen molar-refractivity contribution in [1.82, 2.24) is 4.90 Å². The van der Waals surface area contributed by atoms with Crippen LogP contribution in [0.25, 0.3) is 0 Å². The van der Waals surface area contributed by atoms with Crippen molar-refractivity contribution in [2.24, 2.45) is 0 Å². The molecule has 1 amide bonds. The van der Waals surface area contributed by atoms with Crippen molar-refractivity contribution in [2.45, 2.75) is 12.8 Å². The van der Waals surface area contributed by atoms with Gasteiger partial charge in [-0.2, -0.15) is 0 Å². The summed E-state index contributed by atoms with van der Waals surface area (Å²) in [5.74, 6) is 1.18. The molecular formula is C7H11NOS. The highest BCUT2D eigenvalue weighted by Gasteiger charge is 1.98. The molecule has 0 aromatic carbocycles. The second kappa shape index (κ2) is 4.39.